The van der Waals surface area contributed by atoms with E-state index in [2.05, 4.69) is 4.99 Å². The van der Waals surface area contributed by atoms with Gasteiger partial charge in [0.1, 0.15) is 12.4 Å². The first-order valence-electron chi connectivity index (χ1n) is 11.1. The zero-order valence-electron chi connectivity index (χ0n) is 19.6. The molecular weight excluding hydrogens is 493 g/mol. The number of benzene rings is 2. The van der Waals surface area contributed by atoms with Crippen molar-refractivity contribution in [2.24, 2.45) is 16.8 Å². The fraction of sp³-hybridized carbons (Fsp3) is 0.375. The Hall–Kier alpha value is -2.89. The highest BCUT2D eigenvalue weighted by atomic mass is 32.2. The summed E-state index contributed by atoms with van der Waals surface area (Å²) in [6.07, 6.45) is 0.987. The monoisotopic (exact) mass is 519 g/mol. The number of hydrogen-bond donors (Lipinski definition) is 0. The molecule has 1 saturated heterocycles. The number of amides is 1. The highest BCUT2D eigenvalue weighted by Crippen LogP contribution is 2.27. The maximum absolute atomic E-state index is 13.7. The minimum absolute atomic E-state index is 0.119. The van der Waals surface area contributed by atoms with E-state index < -0.39 is 27.7 Å². The molecule has 1 amide bonds. The van der Waals surface area contributed by atoms with E-state index in [9.17, 15) is 22.4 Å². The maximum Gasteiger partial charge on any atom is 0.325 e. The summed E-state index contributed by atoms with van der Waals surface area (Å²) in [6, 6.07) is 9.74. The van der Waals surface area contributed by atoms with Crippen molar-refractivity contribution < 1.29 is 27.1 Å². The minimum atomic E-state index is -3.67. The van der Waals surface area contributed by atoms with E-state index in [0.717, 1.165) is 17.8 Å². The predicted octanol–water partition coefficient (Wildman–Crippen LogP) is 3.42. The van der Waals surface area contributed by atoms with Gasteiger partial charge in [-0.25, -0.2) is 12.8 Å². The predicted molar refractivity (Wildman–Crippen MR) is 130 cm³/mol. The van der Waals surface area contributed by atoms with E-state index >= 15 is 0 Å². The summed E-state index contributed by atoms with van der Waals surface area (Å²) in [4.78, 5) is 29.3. The van der Waals surface area contributed by atoms with Crippen molar-refractivity contribution in [1.29, 1.82) is 0 Å². The first kappa shape index (κ1) is 25.2. The van der Waals surface area contributed by atoms with Crippen LogP contribution in [0.4, 0.5) is 4.39 Å². The number of piperidine rings is 1. The van der Waals surface area contributed by atoms with Gasteiger partial charge in [-0.05, 0) is 60.7 Å². The lowest BCUT2D eigenvalue weighted by atomic mass is 9.94. The van der Waals surface area contributed by atoms with Crippen LogP contribution in [0.3, 0.4) is 0 Å². The van der Waals surface area contributed by atoms with Crippen molar-refractivity contribution in [3.05, 3.63) is 58.6 Å². The van der Waals surface area contributed by atoms with E-state index in [-0.39, 0.29) is 33.6 Å². The van der Waals surface area contributed by atoms with Gasteiger partial charge in [-0.2, -0.15) is 9.30 Å². The summed E-state index contributed by atoms with van der Waals surface area (Å²) in [5, 5.41) is 0. The van der Waals surface area contributed by atoms with Crippen LogP contribution in [-0.2, 0) is 26.1 Å². The van der Waals surface area contributed by atoms with Crippen LogP contribution in [0.15, 0.2) is 52.4 Å². The fourth-order valence-electron chi connectivity index (χ4n) is 4.35. The molecular formula is C24H26FN3O5S2. The van der Waals surface area contributed by atoms with Crippen molar-refractivity contribution in [3.63, 3.8) is 0 Å². The first-order chi connectivity index (χ1) is 16.6. The molecule has 2 heterocycles. The number of sulfonamides is 1. The normalized spacial score (nSPS) is 19.7. The molecule has 1 fully saturated rings. The number of aromatic nitrogens is 1. The number of methoxy groups -OCH3 is 1. The smallest absolute Gasteiger partial charge is 0.325 e. The Bertz CT molecular complexity index is 1430. The summed E-state index contributed by atoms with van der Waals surface area (Å²) in [7, 11) is -2.42. The number of rotatable bonds is 5. The van der Waals surface area contributed by atoms with Gasteiger partial charge in [-0.3, -0.25) is 9.59 Å². The Kier molecular flexibility index (Phi) is 7.20. The van der Waals surface area contributed by atoms with Crippen LogP contribution in [0.5, 0.6) is 0 Å². The highest BCUT2D eigenvalue weighted by Gasteiger charge is 2.31. The van der Waals surface area contributed by atoms with Crippen LogP contribution >= 0.6 is 11.3 Å². The number of carbonyl (C=O) groups excluding carboxylic acids is 2. The number of fused-ring (bicyclic) bond motifs is 1. The molecule has 0 spiro atoms. The van der Waals surface area contributed by atoms with Gasteiger partial charge in [0.25, 0.3) is 5.91 Å². The molecule has 0 radical (unpaired) electrons. The lowest BCUT2D eigenvalue weighted by Gasteiger charge is -2.34. The quantitative estimate of drug-likeness (QED) is 0.481. The number of ether oxygens (including phenoxy) is 1. The van der Waals surface area contributed by atoms with Gasteiger partial charge in [-0.15, -0.1) is 0 Å². The van der Waals surface area contributed by atoms with Gasteiger partial charge in [0.05, 0.1) is 22.2 Å². The largest absolute Gasteiger partial charge is 0.468 e. The Balaban J connectivity index is 1.65. The van der Waals surface area contributed by atoms with Gasteiger partial charge >= 0.3 is 5.97 Å². The zero-order valence-corrected chi connectivity index (χ0v) is 21.2. The van der Waals surface area contributed by atoms with Crippen molar-refractivity contribution in [1.82, 2.24) is 8.87 Å². The lowest BCUT2D eigenvalue weighted by molar-refractivity contribution is -0.141. The number of halogens is 1. The Morgan fingerprint density at radius 3 is 2.40 bits per heavy atom. The Morgan fingerprint density at radius 1 is 1.11 bits per heavy atom. The van der Waals surface area contributed by atoms with Crippen molar-refractivity contribution >= 4 is 43.5 Å². The summed E-state index contributed by atoms with van der Waals surface area (Å²) >= 11 is 1.07. The molecule has 2 atom stereocenters. The van der Waals surface area contributed by atoms with Gasteiger partial charge in [-0.1, -0.05) is 25.2 Å². The van der Waals surface area contributed by atoms with Crippen LogP contribution in [0.25, 0.3) is 10.2 Å². The third-order valence-electron chi connectivity index (χ3n) is 5.93. The molecule has 186 valence electrons. The summed E-state index contributed by atoms with van der Waals surface area (Å²) < 4.78 is 48.1. The lowest BCUT2D eigenvalue weighted by Crippen LogP contribution is -2.42. The van der Waals surface area contributed by atoms with Gasteiger partial charge in [0.15, 0.2) is 4.80 Å². The molecule has 0 unspecified atom stereocenters. The highest BCUT2D eigenvalue weighted by molar-refractivity contribution is 7.89. The average Bonchev–Trinajstić information content (AvgIpc) is 3.13. The topological polar surface area (TPSA) is 98.0 Å². The second-order valence-electron chi connectivity index (χ2n) is 8.87. The summed E-state index contributed by atoms with van der Waals surface area (Å²) in [5.74, 6) is -1.05. The molecule has 0 bridgehead atoms. The molecule has 8 nitrogen and oxygen atoms in total. The molecule has 35 heavy (non-hydrogen) atoms. The molecule has 0 saturated carbocycles. The second kappa shape index (κ2) is 10.00. The van der Waals surface area contributed by atoms with Gasteiger partial charge in [0.2, 0.25) is 10.0 Å². The number of hydrogen-bond acceptors (Lipinski definition) is 6. The van der Waals surface area contributed by atoms with Crippen LogP contribution < -0.4 is 4.80 Å². The molecule has 1 aromatic heterocycles. The average molecular weight is 520 g/mol. The van der Waals surface area contributed by atoms with Crippen molar-refractivity contribution in [2.45, 2.75) is 31.7 Å². The van der Waals surface area contributed by atoms with E-state index in [0.29, 0.717) is 23.3 Å². The fourth-order valence-corrected chi connectivity index (χ4v) is 7.08. The maximum atomic E-state index is 13.7. The zero-order chi connectivity index (χ0) is 25.3. The summed E-state index contributed by atoms with van der Waals surface area (Å²) in [6.45, 7) is 4.82. The Morgan fingerprint density at radius 2 is 1.77 bits per heavy atom. The van der Waals surface area contributed by atoms with Crippen LogP contribution in [0.2, 0.25) is 0 Å². The van der Waals surface area contributed by atoms with Gasteiger partial charge in [0, 0.05) is 18.7 Å². The summed E-state index contributed by atoms with van der Waals surface area (Å²) in [5.41, 5.74) is 0.734. The minimum Gasteiger partial charge on any atom is -0.468 e. The van der Waals surface area contributed by atoms with E-state index in [1.165, 1.54) is 58.4 Å². The first-order valence-corrected chi connectivity index (χ1v) is 13.4. The van der Waals surface area contributed by atoms with Crippen LogP contribution in [-0.4, -0.2) is 49.4 Å². The van der Waals surface area contributed by atoms with Crippen LogP contribution in [0, 0.1) is 17.7 Å². The molecule has 0 aliphatic carbocycles. The number of esters is 1. The standard InChI is InChI=1S/C24H26FN3O5S2/c1-15-10-16(2)13-27(12-15)35(31,32)19-7-4-17(5-8-19)23(30)26-24-28(14-22(29)33-3)20-9-6-18(25)11-21(20)34-24/h4-9,11,15-16H,10,12-14H2,1-3H3/t15-,16-/m1/s1. The molecule has 3 aromatic rings. The second-order valence-corrected chi connectivity index (χ2v) is 11.8. The number of nitrogens with zero attached hydrogens (tertiary/aromatic N) is 3. The molecule has 4 rings (SSSR count). The third kappa shape index (κ3) is 5.36. The molecule has 1 aliphatic rings. The van der Waals surface area contributed by atoms with Crippen LogP contribution in [0.1, 0.15) is 30.6 Å². The molecule has 11 heteroatoms. The van der Waals surface area contributed by atoms with E-state index in [4.69, 9.17) is 4.74 Å². The van der Waals surface area contributed by atoms with Crippen molar-refractivity contribution in [3.8, 4) is 0 Å². The molecule has 1 aliphatic heterocycles. The third-order valence-corrected chi connectivity index (χ3v) is 8.82. The van der Waals surface area contributed by atoms with Gasteiger partial charge < -0.3 is 9.30 Å². The van der Waals surface area contributed by atoms with E-state index in [1.54, 1.807) is 0 Å². The van der Waals surface area contributed by atoms with E-state index in [1.807, 2.05) is 13.8 Å². The SMILES string of the molecule is COC(=O)Cn1c(=NC(=O)c2ccc(S(=O)(=O)N3C[C@H](C)C[C@@H](C)C3)cc2)sc2cc(F)ccc21. The van der Waals surface area contributed by atoms with Crippen molar-refractivity contribution in [2.75, 3.05) is 20.2 Å². The molecule has 2 aromatic carbocycles. The number of thiazole rings is 1. The Labute approximate surface area is 206 Å². The number of carbonyl (C=O) groups is 2. The molecule has 0 N–H and O–H groups in total.